The highest BCUT2D eigenvalue weighted by Gasteiger charge is 2.33. The van der Waals surface area contributed by atoms with E-state index in [0.717, 1.165) is 12.1 Å². The van der Waals surface area contributed by atoms with Crippen LogP contribution in [0, 0.1) is 12.7 Å². The quantitative estimate of drug-likeness (QED) is 0.476. The molecule has 0 radical (unpaired) electrons. The van der Waals surface area contributed by atoms with Gasteiger partial charge in [0, 0.05) is 22.6 Å². The van der Waals surface area contributed by atoms with Crippen LogP contribution in [0.1, 0.15) is 34.1 Å². The topological polar surface area (TPSA) is 62.8 Å². The third kappa shape index (κ3) is 4.36. The Balaban J connectivity index is 1.90. The van der Waals surface area contributed by atoms with Gasteiger partial charge < -0.3 is 9.52 Å². The van der Waals surface area contributed by atoms with Gasteiger partial charge in [0.1, 0.15) is 22.9 Å². The van der Waals surface area contributed by atoms with Gasteiger partial charge >= 0.3 is 11.8 Å². The van der Waals surface area contributed by atoms with Crippen molar-refractivity contribution in [2.75, 3.05) is 0 Å². The average Bonchev–Trinajstić information content (AvgIpc) is 2.86. The predicted octanol–water partition coefficient (Wildman–Crippen LogP) is 6.17. The lowest BCUT2D eigenvalue weighted by molar-refractivity contribution is -0.137. The summed E-state index contributed by atoms with van der Waals surface area (Å²) in [6, 6.07) is 10.1. The molecule has 1 atom stereocenters. The molecule has 2 heterocycles. The van der Waals surface area contributed by atoms with Crippen LogP contribution in [0.3, 0.4) is 0 Å². The third-order valence-corrected chi connectivity index (χ3v) is 6.10. The molecule has 4 nitrogen and oxygen atoms in total. The minimum absolute atomic E-state index is 0.0267. The van der Waals surface area contributed by atoms with Gasteiger partial charge in [-0.25, -0.2) is 9.18 Å². The van der Waals surface area contributed by atoms with Crippen LogP contribution in [0.25, 0.3) is 0 Å². The molecule has 0 amide bonds. The first-order valence-electron chi connectivity index (χ1n) is 9.17. The third-order valence-electron chi connectivity index (χ3n) is 4.77. The Labute approximate surface area is 178 Å². The van der Waals surface area contributed by atoms with Crippen molar-refractivity contribution in [3.05, 3.63) is 87.2 Å². The summed E-state index contributed by atoms with van der Waals surface area (Å²) < 4.78 is 58.2. The molecule has 2 aromatic carbocycles. The molecule has 3 aromatic rings. The van der Waals surface area contributed by atoms with Crippen LogP contribution >= 0.6 is 11.8 Å². The molecule has 1 N–H and O–H groups in total. The van der Waals surface area contributed by atoms with Crippen molar-refractivity contribution in [1.82, 2.24) is 0 Å². The molecule has 1 aromatic heterocycles. The molecule has 1 aliphatic rings. The van der Waals surface area contributed by atoms with Crippen LogP contribution in [0.15, 0.2) is 67.6 Å². The van der Waals surface area contributed by atoms with Gasteiger partial charge in [-0.15, -0.1) is 11.8 Å². The number of hydrogen-bond donors (Lipinski definition) is 1. The van der Waals surface area contributed by atoms with E-state index in [9.17, 15) is 27.5 Å². The lowest BCUT2D eigenvalue weighted by Gasteiger charge is -2.16. The second-order valence-corrected chi connectivity index (χ2v) is 8.25. The number of halogens is 4. The van der Waals surface area contributed by atoms with Crippen molar-refractivity contribution in [3.63, 3.8) is 0 Å². The summed E-state index contributed by atoms with van der Waals surface area (Å²) >= 11 is 1.25. The Kier molecular flexibility index (Phi) is 5.38. The van der Waals surface area contributed by atoms with Crippen molar-refractivity contribution in [3.8, 4) is 5.75 Å². The maximum Gasteiger partial charge on any atom is 0.416 e. The lowest BCUT2D eigenvalue weighted by atomic mass is 10.0. The number of hydrogen-bond acceptors (Lipinski definition) is 5. The molecule has 0 aliphatic carbocycles. The van der Waals surface area contributed by atoms with E-state index in [-0.39, 0.29) is 34.9 Å². The molecule has 1 aliphatic heterocycles. The fourth-order valence-corrected chi connectivity index (χ4v) is 4.54. The molecule has 0 saturated carbocycles. The van der Waals surface area contributed by atoms with Crippen LogP contribution in [-0.2, 0) is 6.18 Å². The highest BCUT2D eigenvalue weighted by Crippen LogP contribution is 2.47. The van der Waals surface area contributed by atoms with Crippen LogP contribution in [-0.4, -0.2) is 10.8 Å². The summed E-state index contributed by atoms with van der Waals surface area (Å²) in [5, 5.41) is 9.97. The van der Waals surface area contributed by atoms with Crippen molar-refractivity contribution >= 4 is 23.2 Å². The molecular weight excluding hydrogens is 434 g/mol. The number of thioether (sulfide) groups is 1. The SMILES string of the molecule is Cc1cc(O)c(C2=Nc3cc(C(F)(F)F)ccc3S[C@@H](c3ccc(F)cc3)C2)c(=O)o1. The first-order valence-corrected chi connectivity index (χ1v) is 10.0. The number of aryl methyl sites for hydroxylation is 1. The molecule has 0 fully saturated rings. The summed E-state index contributed by atoms with van der Waals surface area (Å²) in [6.07, 6.45) is -4.46. The minimum Gasteiger partial charge on any atom is -0.507 e. The number of rotatable bonds is 2. The summed E-state index contributed by atoms with van der Waals surface area (Å²) in [4.78, 5) is 17.3. The molecular formula is C22H15F4NO3S. The van der Waals surface area contributed by atoms with Gasteiger partial charge in [0.25, 0.3) is 0 Å². The zero-order chi connectivity index (χ0) is 22.3. The van der Waals surface area contributed by atoms with E-state index in [0.29, 0.717) is 10.5 Å². The van der Waals surface area contributed by atoms with Gasteiger partial charge in [-0.1, -0.05) is 12.1 Å². The molecule has 160 valence electrons. The molecule has 0 bridgehead atoms. The monoisotopic (exact) mass is 449 g/mol. The van der Waals surface area contributed by atoms with Crippen molar-refractivity contribution in [1.29, 1.82) is 0 Å². The fourth-order valence-electron chi connectivity index (χ4n) is 3.33. The molecule has 9 heteroatoms. The molecule has 0 spiro atoms. The predicted molar refractivity (Wildman–Crippen MR) is 109 cm³/mol. The summed E-state index contributed by atoms with van der Waals surface area (Å²) in [7, 11) is 0. The van der Waals surface area contributed by atoms with E-state index in [1.165, 1.54) is 43.0 Å². The Bertz CT molecular complexity index is 1230. The van der Waals surface area contributed by atoms with Gasteiger partial charge in [-0.2, -0.15) is 13.2 Å². The Morgan fingerprint density at radius 3 is 2.48 bits per heavy atom. The van der Waals surface area contributed by atoms with Crippen LogP contribution in [0.4, 0.5) is 23.2 Å². The Morgan fingerprint density at radius 2 is 1.84 bits per heavy atom. The maximum absolute atomic E-state index is 13.4. The average molecular weight is 449 g/mol. The Hall–Kier alpha value is -3.07. The molecule has 4 rings (SSSR count). The Morgan fingerprint density at radius 1 is 1.13 bits per heavy atom. The van der Waals surface area contributed by atoms with Gasteiger partial charge in [0.05, 0.1) is 17.0 Å². The number of alkyl halides is 3. The number of fused-ring (bicyclic) bond motifs is 1. The fraction of sp³-hybridized carbons (Fsp3) is 0.182. The summed E-state index contributed by atoms with van der Waals surface area (Å²) in [5.74, 6) is -0.612. The number of benzene rings is 2. The highest BCUT2D eigenvalue weighted by molar-refractivity contribution is 7.99. The van der Waals surface area contributed by atoms with E-state index in [2.05, 4.69) is 4.99 Å². The zero-order valence-corrected chi connectivity index (χ0v) is 16.9. The van der Waals surface area contributed by atoms with E-state index in [1.807, 2.05) is 0 Å². The standard InChI is InChI=1S/C22H15F4NO3S/c1-11-8-17(28)20(21(29)30-11)16-10-19(12-2-5-14(23)6-3-12)31-18-7-4-13(22(24,25)26)9-15(18)27-16/h2-9,19,28H,10H2,1H3/t19-/m1/s1. The summed E-state index contributed by atoms with van der Waals surface area (Å²) in [6.45, 7) is 1.49. The highest BCUT2D eigenvalue weighted by atomic mass is 32.2. The van der Waals surface area contributed by atoms with E-state index < -0.39 is 28.4 Å². The van der Waals surface area contributed by atoms with Gasteiger partial charge in [0.15, 0.2) is 0 Å². The molecule has 31 heavy (non-hydrogen) atoms. The van der Waals surface area contributed by atoms with Gasteiger partial charge in [0.2, 0.25) is 0 Å². The normalized spacial score (nSPS) is 16.4. The van der Waals surface area contributed by atoms with E-state index >= 15 is 0 Å². The molecule has 0 unspecified atom stereocenters. The van der Waals surface area contributed by atoms with Crippen LogP contribution in [0.2, 0.25) is 0 Å². The number of aromatic hydroxyl groups is 1. The zero-order valence-electron chi connectivity index (χ0n) is 16.0. The maximum atomic E-state index is 13.4. The van der Waals surface area contributed by atoms with Crippen LogP contribution < -0.4 is 5.63 Å². The largest absolute Gasteiger partial charge is 0.507 e. The van der Waals surface area contributed by atoms with Gasteiger partial charge in [-0.3, -0.25) is 4.99 Å². The molecule has 0 saturated heterocycles. The minimum atomic E-state index is -4.57. The van der Waals surface area contributed by atoms with E-state index in [4.69, 9.17) is 4.42 Å². The van der Waals surface area contributed by atoms with E-state index in [1.54, 1.807) is 12.1 Å². The van der Waals surface area contributed by atoms with Gasteiger partial charge in [-0.05, 0) is 42.8 Å². The van der Waals surface area contributed by atoms with Crippen molar-refractivity contribution in [2.45, 2.75) is 29.7 Å². The second-order valence-electron chi connectivity index (χ2n) is 7.01. The van der Waals surface area contributed by atoms with Crippen LogP contribution in [0.5, 0.6) is 5.75 Å². The lowest BCUT2D eigenvalue weighted by Crippen LogP contribution is -2.17. The first-order chi connectivity index (χ1) is 14.6. The van der Waals surface area contributed by atoms with Crippen molar-refractivity contribution in [2.24, 2.45) is 4.99 Å². The van der Waals surface area contributed by atoms with Crippen molar-refractivity contribution < 1.29 is 27.1 Å². The summed E-state index contributed by atoms with van der Waals surface area (Å²) in [5.41, 5.74) is -1.11. The number of aliphatic imine (C=N–C) groups is 1. The number of nitrogens with zero attached hydrogens (tertiary/aromatic N) is 1. The smallest absolute Gasteiger partial charge is 0.416 e. The second kappa shape index (κ2) is 7.88. The first kappa shape index (κ1) is 21.2.